The predicted molar refractivity (Wildman–Crippen MR) is 122 cm³/mol. The Kier molecular flexibility index (Phi) is 10.5. The van der Waals surface area contributed by atoms with Gasteiger partial charge in [-0.1, -0.05) is 48.0 Å². The summed E-state index contributed by atoms with van der Waals surface area (Å²) in [7, 11) is 0. The first kappa shape index (κ1) is 24.9. The van der Waals surface area contributed by atoms with Crippen molar-refractivity contribution in [2.24, 2.45) is 11.8 Å². The van der Waals surface area contributed by atoms with E-state index in [2.05, 4.69) is 0 Å². The molecule has 6 heteroatoms. The predicted octanol–water partition coefficient (Wildman–Crippen LogP) is 5.08. The summed E-state index contributed by atoms with van der Waals surface area (Å²) in [6.07, 6.45) is 12.7. The third-order valence-corrected chi connectivity index (χ3v) is 4.98. The molecule has 168 valence electrons. The third kappa shape index (κ3) is 9.53. The quantitative estimate of drug-likeness (QED) is 0.275. The Morgan fingerprint density at radius 2 is 2.10 bits per heavy atom. The highest BCUT2D eigenvalue weighted by atomic mass is 35.5. The Morgan fingerprint density at radius 1 is 1.29 bits per heavy atom. The highest BCUT2D eigenvalue weighted by Crippen LogP contribution is 2.27. The van der Waals surface area contributed by atoms with Crippen LogP contribution in [0.1, 0.15) is 39.5 Å². The van der Waals surface area contributed by atoms with Gasteiger partial charge in [-0.3, -0.25) is 9.59 Å². The summed E-state index contributed by atoms with van der Waals surface area (Å²) in [6.45, 7) is 3.75. The van der Waals surface area contributed by atoms with Crippen molar-refractivity contribution in [1.29, 1.82) is 0 Å². The van der Waals surface area contributed by atoms with E-state index >= 15 is 0 Å². The molecule has 3 atom stereocenters. The standard InChI is InChI=1S/C25H31ClO5/c1-18(2)31-25(29)11-6-4-3-5-8-19-12-15-24(28)23(19)14-13-21(27)17-30-22-10-7-9-20(26)16-22/h3,5,7,9-10,12-16,18-19,21,23,27H,4,6,8,11,17H2,1-2H3/b5-3+,14-13+/t19-,21+,23+/m0/s1. The number of carbonyl (C=O) groups excluding carboxylic acids is 2. The molecule has 1 aliphatic carbocycles. The summed E-state index contributed by atoms with van der Waals surface area (Å²) in [5, 5.41) is 10.7. The number of rotatable bonds is 12. The van der Waals surface area contributed by atoms with Gasteiger partial charge in [0.2, 0.25) is 0 Å². The molecule has 1 aromatic carbocycles. The van der Waals surface area contributed by atoms with Crippen molar-refractivity contribution in [2.45, 2.75) is 51.7 Å². The summed E-state index contributed by atoms with van der Waals surface area (Å²) in [5.41, 5.74) is 0. The SMILES string of the molecule is CC(C)OC(=O)CCC/C=C/C[C@H]1C=CC(=O)[C@@H]1/C=C/[C@@H](O)COc1cccc(Cl)c1. The van der Waals surface area contributed by atoms with Gasteiger partial charge in [-0.15, -0.1) is 0 Å². The fourth-order valence-corrected chi connectivity index (χ4v) is 3.40. The number of allylic oxidation sites excluding steroid dienone is 5. The first-order chi connectivity index (χ1) is 14.8. The maximum atomic E-state index is 12.2. The van der Waals surface area contributed by atoms with Crippen molar-refractivity contribution in [1.82, 2.24) is 0 Å². The highest BCUT2D eigenvalue weighted by molar-refractivity contribution is 6.30. The van der Waals surface area contributed by atoms with Crippen LogP contribution in [0.15, 0.2) is 60.7 Å². The maximum Gasteiger partial charge on any atom is 0.306 e. The largest absolute Gasteiger partial charge is 0.491 e. The zero-order valence-corrected chi connectivity index (χ0v) is 18.8. The molecule has 2 rings (SSSR count). The van der Waals surface area contributed by atoms with E-state index < -0.39 is 6.10 Å². The van der Waals surface area contributed by atoms with Crippen molar-refractivity contribution in [3.8, 4) is 5.75 Å². The van der Waals surface area contributed by atoms with E-state index in [4.69, 9.17) is 21.1 Å². The van der Waals surface area contributed by atoms with Crippen molar-refractivity contribution >= 4 is 23.4 Å². The van der Waals surface area contributed by atoms with Gasteiger partial charge >= 0.3 is 5.97 Å². The lowest BCUT2D eigenvalue weighted by molar-refractivity contribution is -0.147. The molecule has 1 aromatic rings. The van der Waals surface area contributed by atoms with Gasteiger partial charge in [0.1, 0.15) is 18.5 Å². The number of aliphatic hydroxyl groups excluding tert-OH is 1. The van der Waals surface area contributed by atoms with Gasteiger partial charge in [-0.2, -0.15) is 0 Å². The number of esters is 1. The zero-order valence-electron chi connectivity index (χ0n) is 18.1. The lowest BCUT2D eigenvalue weighted by atomic mass is 9.91. The Morgan fingerprint density at radius 3 is 2.84 bits per heavy atom. The number of benzene rings is 1. The molecular weight excluding hydrogens is 416 g/mol. The smallest absolute Gasteiger partial charge is 0.306 e. The molecule has 0 aliphatic heterocycles. The monoisotopic (exact) mass is 446 g/mol. The second-order valence-electron chi connectivity index (χ2n) is 7.81. The van der Waals surface area contributed by atoms with Crippen LogP contribution in [0.25, 0.3) is 0 Å². The van der Waals surface area contributed by atoms with Gasteiger partial charge in [0, 0.05) is 17.4 Å². The minimum Gasteiger partial charge on any atom is -0.491 e. The Balaban J connectivity index is 1.73. The topological polar surface area (TPSA) is 72.8 Å². The van der Waals surface area contributed by atoms with Gasteiger partial charge in [-0.25, -0.2) is 0 Å². The average Bonchev–Trinajstić information content (AvgIpc) is 3.06. The molecule has 31 heavy (non-hydrogen) atoms. The van der Waals surface area contributed by atoms with Crippen molar-refractivity contribution in [3.05, 3.63) is 65.7 Å². The van der Waals surface area contributed by atoms with E-state index in [0.29, 0.717) is 17.2 Å². The molecule has 0 fully saturated rings. The number of unbranched alkanes of at least 4 members (excludes halogenated alkanes) is 1. The third-order valence-electron chi connectivity index (χ3n) is 4.75. The van der Waals surface area contributed by atoms with E-state index in [1.807, 2.05) is 32.1 Å². The van der Waals surface area contributed by atoms with Gasteiger partial charge in [-0.05, 0) is 63.3 Å². The van der Waals surface area contributed by atoms with Crippen LogP contribution in [0.4, 0.5) is 0 Å². The highest BCUT2D eigenvalue weighted by Gasteiger charge is 2.26. The zero-order chi connectivity index (χ0) is 22.6. The molecule has 1 aliphatic rings. The van der Waals surface area contributed by atoms with Crippen molar-refractivity contribution < 1.29 is 24.2 Å². The van der Waals surface area contributed by atoms with Crippen LogP contribution in [-0.2, 0) is 14.3 Å². The fraction of sp³-hybridized carbons (Fsp3) is 0.440. The average molecular weight is 447 g/mol. The number of halogens is 1. The van der Waals surface area contributed by atoms with E-state index in [1.54, 1.807) is 42.5 Å². The first-order valence-electron chi connectivity index (χ1n) is 10.7. The van der Waals surface area contributed by atoms with Crippen molar-refractivity contribution in [3.63, 3.8) is 0 Å². The van der Waals surface area contributed by atoms with E-state index in [9.17, 15) is 14.7 Å². The van der Waals surface area contributed by atoms with E-state index in [-0.39, 0.29) is 36.3 Å². The maximum absolute atomic E-state index is 12.2. The molecule has 0 saturated carbocycles. The second-order valence-corrected chi connectivity index (χ2v) is 8.25. The minimum absolute atomic E-state index is 0.0361. The van der Waals surface area contributed by atoms with Crippen LogP contribution >= 0.6 is 11.6 Å². The Hall–Kier alpha value is -2.37. The molecule has 0 saturated heterocycles. The summed E-state index contributed by atoms with van der Waals surface area (Å²) in [5.74, 6) is 0.224. The number of hydrogen-bond acceptors (Lipinski definition) is 5. The number of aliphatic hydroxyl groups is 1. The molecule has 0 heterocycles. The number of ether oxygens (including phenoxy) is 2. The van der Waals surface area contributed by atoms with Crippen LogP contribution in [0, 0.1) is 11.8 Å². The number of carbonyl (C=O) groups is 2. The van der Waals surface area contributed by atoms with Gasteiger partial charge in [0.25, 0.3) is 0 Å². The first-order valence-corrected chi connectivity index (χ1v) is 11.0. The lowest BCUT2D eigenvalue weighted by Crippen LogP contribution is -2.17. The van der Waals surface area contributed by atoms with Crippen LogP contribution < -0.4 is 4.74 Å². The summed E-state index contributed by atoms with van der Waals surface area (Å²) in [6, 6.07) is 6.97. The van der Waals surface area contributed by atoms with Gasteiger partial charge in [0.05, 0.1) is 6.10 Å². The molecule has 0 aromatic heterocycles. The van der Waals surface area contributed by atoms with E-state index in [1.165, 1.54) is 0 Å². The molecule has 0 bridgehead atoms. The van der Waals surface area contributed by atoms with Crippen LogP contribution in [-0.4, -0.2) is 35.7 Å². The molecule has 0 amide bonds. The molecule has 0 unspecified atom stereocenters. The Labute approximate surface area is 189 Å². The lowest BCUT2D eigenvalue weighted by Gasteiger charge is -2.14. The molecular formula is C25H31ClO5. The number of hydrogen-bond donors (Lipinski definition) is 1. The van der Waals surface area contributed by atoms with Gasteiger partial charge in [0.15, 0.2) is 5.78 Å². The van der Waals surface area contributed by atoms with Crippen LogP contribution in [0.3, 0.4) is 0 Å². The molecule has 1 N–H and O–H groups in total. The summed E-state index contributed by atoms with van der Waals surface area (Å²) in [4.78, 5) is 23.7. The fourth-order valence-electron chi connectivity index (χ4n) is 3.22. The molecule has 5 nitrogen and oxygen atoms in total. The summed E-state index contributed by atoms with van der Waals surface area (Å²) < 4.78 is 10.6. The molecule has 0 spiro atoms. The van der Waals surface area contributed by atoms with Crippen molar-refractivity contribution in [2.75, 3.05) is 6.61 Å². The molecule has 0 radical (unpaired) electrons. The normalized spacial score (nSPS) is 19.6. The Bertz CT molecular complexity index is 812. The minimum atomic E-state index is -0.825. The summed E-state index contributed by atoms with van der Waals surface area (Å²) >= 11 is 5.91. The second kappa shape index (κ2) is 13.1. The van der Waals surface area contributed by atoms with E-state index in [0.717, 1.165) is 19.3 Å². The number of ketones is 1. The van der Waals surface area contributed by atoms with Gasteiger partial charge < -0.3 is 14.6 Å². The van der Waals surface area contributed by atoms with Crippen LogP contribution in [0.5, 0.6) is 5.75 Å². The van der Waals surface area contributed by atoms with Crippen LogP contribution in [0.2, 0.25) is 5.02 Å².